The highest BCUT2D eigenvalue weighted by Crippen LogP contribution is 1.92. The van der Waals surface area contributed by atoms with Gasteiger partial charge in [0.1, 0.15) is 6.33 Å². The summed E-state index contributed by atoms with van der Waals surface area (Å²) in [6, 6.07) is 0. The fourth-order valence-electron chi connectivity index (χ4n) is 1.13. The van der Waals surface area contributed by atoms with Gasteiger partial charge in [0.15, 0.2) is 5.82 Å². The molecule has 78 valence electrons. The second-order valence-electron chi connectivity index (χ2n) is 3.54. The molecule has 0 radical (unpaired) electrons. The summed E-state index contributed by atoms with van der Waals surface area (Å²) < 4.78 is 1.73. The minimum absolute atomic E-state index is 0.886. The Balaban J connectivity index is 2.07. The van der Waals surface area contributed by atoms with E-state index in [0.717, 1.165) is 31.8 Å². The maximum atomic E-state index is 4.19. The number of hydrogen-bond donors (Lipinski definition) is 1. The van der Waals surface area contributed by atoms with Crippen molar-refractivity contribution >= 4 is 0 Å². The zero-order valence-electron chi connectivity index (χ0n) is 8.95. The summed E-state index contributed by atoms with van der Waals surface area (Å²) in [6.45, 7) is 7.81. The molecule has 0 spiro atoms. The average Bonchev–Trinajstić information content (AvgIpc) is 2.50. The van der Waals surface area contributed by atoms with Crippen LogP contribution in [0.5, 0.6) is 0 Å². The Labute approximate surface area is 85.0 Å². The maximum Gasteiger partial charge on any atom is 0.151 e. The molecule has 0 aliphatic heterocycles. The molecule has 0 aliphatic rings. The highest BCUT2D eigenvalue weighted by molar-refractivity contribution is 4.88. The molecule has 1 aromatic heterocycles. The molecule has 0 unspecified atom stereocenters. The molecule has 4 nitrogen and oxygen atoms in total. The monoisotopic (exact) mass is 194 g/mol. The zero-order chi connectivity index (χ0) is 10.4. The van der Waals surface area contributed by atoms with Gasteiger partial charge in [-0.3, -0.25) is 4.68 Å². The van der Waals surface area contributed by atoms with Gasteiger partial charge in [0, 0.05) is 20.0 Å². The van der Waals surface area contributed by atoms with E-state index in [1.165, 1.54) is 5.57 Å². The van der Waals surface area contributed by atoms with Gasteiger partial charge in [0.25, 0.3) is 0 Å². The first-order valence-electron chi connectivity index (χ1n) is 4.88. The molecule has 1 aromatic rings. The Bertz CT molecular complexity index is 290. The van der Waals surface area contributed by atoms with Gasteiger partial charge in [-0.1, -0.05) is 5.57 Å². The molecule has 1 rings (SSSR count). The molecule has 1 N–H and O–H groups in total. The van der Waals surface area contributed by atoms with Crippen molar-refractivity contribution in [1.82, 2.24) is 20.1 Å². The minimum atomic E-state index is 0.886. The van der Waals surface area contributed by atoms with Crippen molar-refractivity contribution in [3.63, 3.8) is 0 Å². The lowest BCUT2D eigenvalue weighted by Gasteiger charge is -2.01. The lowest BCUT2D eigenvalue weighted by atomic mass is 10.2. The van der Waals surface area contributed by atoms with Crippen molar-refractivity contribution in [2.24, 2.45) is 7.05 Å². The SMILES string of the molecule is C=C(C)CCNCCc1ncn(C)n1. The number of rotatable bonds is 6. The van der Waals surface area contributed by atoms with Gasteiger partial charge in [-0.25, -0.2) is 4.98 Å². The number of nitrogens with zero attached hydrogens (tertiary/aromatic N) is 3. The van der Waals surface area contributed by atoms with Crippen molar-refractivity contribution in [2.75, 3.05) is 13.1 Å². The fourth-order valence-corrected chi connectivity index (χ4v) is 1.13. The topological polar surface area (TPSA) is 42.7 Å². The third-order valence-corrected chi connectivity index (χ3v) is 1.90. The molecule has 0 saturated carbocycles. The molecular weight excluding hydrogens is 176 g/mol. The normalized spacial score (nSPS) is 10.4. The second kappa shape index (κ2) is 5.54. The quantitative estimate of drug-likeness (QED) is 0.541. The largest absolute Gasteiger partial charge is 0.316 e. The molecule has 0 bridgehead atoms. The number of nitrogens with one attached hydrogen (secondary N) is 1. The molecule has 4 heteroatoms. The van der Waals surface area contributed by atoms with Crippen LogP contribution in [0.2, 0.25) is 0 Å². The van der Waals surface area contributed by atoms with Crippen LogP contribution in [-0.4, -0.2) is 27.9 Å². The summed E-state index contributed by atoms with van der Waals surface area (Å²) in [7, 11) is 1.88. The van der Waals surface area contributed by atoms with Crippen LogP contribution in [0.25, 0.3) is 0 Å². The summed E-state index contributed by atoms with van der Waals surface area (Å²) in [5.74, 6) is 0.898. The summed E-state index contributed by atoms with van der Waals surface area (Å²) >= 11 is 0. The molecule has 14 heavy (non-hydrogen) atoms. The lowest BCUT2D eigenvalue weighted by molar-refractivity contribution is 0.657. The summed E-state index contributed by atoms with van der Waals surface area (Å²) in [4.78, 5) is 4.14. The standard InChI is InChI=1S/C10H18N4/c1-9(2)4-6-11-7-5-10-12-8-14(3)13-10/h8,11H,1,4-7H2,2-3H3. The molecule has 0 saturated heterocycles. The van der Waals surface area contributed by atoms with E-state index in [9.17, 15) is 0 Å². The molecule has 0 amide bonds. The van der Waals surface area contributed by atoms with E-state index < -0.39 is 0 Å². The van der Waals surface area contributed by atoms with Crippen LogP contribution in [0.15, 0.2) is 18.5 Å². The predicted octanol–water partition coefficient (Wildman–Crippen LogP) is 0.913. The van der Waals surface area contributed by atoms with Gasteiger partial charge in [-0.15, -0.1) is 6.58 Å². The van der Waals surface area contributed by atoms with Crippen LogP contribution < -0.4 is 5.32 Å². The maximum absolute atomic E-state index is 4.19. The molecular formula is C10H18N4. The van der Waals surface area contributed by atoms with E-state index in [1.54, 1.807) is 11.0 Å². The van der Waals surface area contributed by atoms with Crippen LogP contribution in [0.1, 0.15) is 19.2 Å². The van der Waals surface area contributed by atoms with Gasteiger partial charge >= 0.3 is 0 Å². The molecule has 0 aromatic carbocycles. The van der Waals surface area contributed by atoms with E-state index in [2.05, 4.69) is 22.0 Å². The minimum Gasteiger partial charge on any atom is -0.316 e. The van der Waals surface area contributed by atoms with Crippen LogP contribution in [0, 0.1) is 0 Å². The van der Waals surface area contributed by atoms with Crippen LogP contribution in [-0.2, 0) is 13.5 Å². The molecule has 0 fully saturated rings. The van der Waals surface area contributed by atoms with E-state index in [4.69, 9.17) is 0 Å². The first kappa shape index (κ1) is 10.9. The van der Waals surface area contributed by atoms with Gasteiger partial charge in [0.2, 0.25) is 0 Å². The predicted molar refractivity (Wildman–Crippen MR) is 57.0 cm³/mol. The Kier molecular flexibility index (Phi) is 4.32. The van der Waals surface area contributed by atoms with Crippen molar-refractivity contribution in [3.8, 4) is 0 Å². The molecule has 0 aliphatic carbocycles. The van der Waals surface area contributed by atoms with Crippen molar-refractivity contribution in [3.05, 3.63) is 24.3 Å². The lowest BCUT2D eigenvalue weighted by Crippen LogP contribution is -2.19. The van der Waals surface area contributed by atoms with E-state index in [1.807, 2.05) is 14.0 Å². The number of aromatic nitrogens is 3. The third-order valence-electron chi connectivity index (χ3n) is 1.90. The third kappa shape index (κ3) is 4.18. The van der Waals surface area contributed by atoms with E-state index in [0.29, 0.717) is 0 Å². The summed E-state index contributed by atoms with van der Waals surface area (Å²) in [5.41, 5.74) is 1.22. The second-order valence-corrected chi connectivity index (χ2v) is 3.54. The van der Waals surface area contributed by atoms with Crippen molar-refractivity contribution in [1.29, 1.82) is 0 Å². The Morgan fingerprint density at radius 1 is 1.57 bits per heavy atom. The number of hydrogen-bond acceptors (Lipinski definition) is 3. The van der Waals surface area contributed by atoms with Gasteiger partial charge in [-0.2, -0.15) is 5.10 Å². The van der Waals surface area contributed by atoms with Crippen LogP contribution in [0.4, 0.5) is 0 Å². The number of aryl methyl sites for hydroxylation is 1. The Morgan fingerprint density at radius 3 is 2.93 bits per heavy atom. The van der Waals surface area contributed by atoms with Crippen molar-refractivity contribution < 1.29 is 0 Å². The zero-order valence-corrected chi connectivity index (χ0v) is 8.95. The van der Waals surface area contributed by atoms with Crippen LogP contribution in [0.3, 0.4) is 0 Å². The molecule has 0 atom stereocenters. The summed E-state index contributed by atoms with van der Waals surface area (Å²) in [5, 5.41) is 7.52. The summed E-state index contributed by atoms with van der Waals surface area (Å²) in [6.07, 6.45) is 3.65. The Morgan fingerprint density at radius 2 is 2.36 bits per heavy atom. The van der Waals surface area contributed by atoms with E-state index >= 15 is 0 Å². The van der Waals surface area contributed by atoms with E-state index in [-0.39, 0.29) is 0 Å². The van der Waals surface area contributed by atoms with Crippen molar-refractivity contribution in [2.45, 2.75) is 19.8 Å². The van der Waals surface area contributed by atoms with Gasteiger partial charge in [0.05, 0.1) is 0 Å². The first-order chi connectivity index (χ1) is 6.68. The Hall–Kier alpha value is -1.16. The van der Waals surface area contributed by atoms with Gasteiger partial charge < -0.3 is 5.32 Å². The molecule has 1 heterocycles. The van der Waals surface area contributed by atoms with Crippen LogP contribution >= 0.6 is 0 Å². The highest BCUT2D eigenvalue weighted by atomic mass is 15.3. The van der Waals surface area contributed by atoms with Gasteiger partial charge in [-0.05, 0) is 19.9 Å². The smallest absolute Gasteiger partial charge is 0.151 e. The highest BCUT2D eigenvalue weighted by Gasteiger charge is 1.97. The fraction of sp³-hybridized carbons (Fsp3) is 0.600. The first-order valence-corrected chi connectivity index (χ1v) is 4.88. The average molecular weight is 194 g/mol.